The second kappa shape index (κ2) is 9.57. The molecule has 0 aliphatic carbocycles. The lowest BCUT2D eigenvalue weighted by Gasteiger charge is -2.17. The Morgan fingerprint density at radius 3 is 1.75 bits per heavy atom. The van der Waals surface area contributed by atoms with Crippen molar-refractivity contribution in [2.75, 3.05) is 0 Å². The van der Waals surface area contributed by atoms with E-state index in [0.29, 0.717) is 27.5 Å². The highest BCUT2D eigenvalue weighted by Gasteiger charge is 2.19. The van der Waals surface area contributed by atoms with Gasteiger partial charge in [-0.2, -0.15) is 0 Å². The number of rotatable bonds is 3. The number of aromatic nitrogens is 1. The normalized spacial score (nSPS) is 14.5. The molecule has 11 rings (SSSR count). The fourth-order valence-corrected chi connectivity index (χ4v) is 7.54. The maximum absolute atomic E-state index is 9.37. The third-order valence-corrected chi connectivity index (χ3v) is 9.65. The van der Waals surface area contributed by atoms with Gasteiger partial charge in [0.1, 0.15) is 11.2 Å². The summed E-state index contributed by atoms with van der Waals surface area (Å²) in [4.78, 5) is 0. The molecule has 2 heteroatoms. The SMILES string of the molecule is [2H]c1c([2H])c2c([2H])c([2H])c3c(-c4ccc(-n5c6ccccc6c6ccc7oc8ccccc8c7c65)cc4)c([2H])c([2H])c4c([2H])c([2H])c(c1-c1ccccc1)c2c43. The third-order valence-electron chi connectivity index (χ3n) is 9.65. The molecule has 48 heavy (non-hydrogen) atoms. The molecule has 0 bridgehead atoms. The average Bonchev–Trinajstić information content (AvgIpc) is 3.77. The van der Waals surface area contributed by atoms with Crippen LogP contribution in [-0.4, -0.2) is 4.57 Å². The Balaban J connectivity index is 1.23. The van der Waals surface area contributed by atoms with Crippen LogP contribution in [0.5, 0.6) is 0 Å². The minimum absolute atomic E-state index is 0.0270. The molecule has 2 nitrogen and oxygen atoms in total. The Hall–Kier alpha value is -6.38. The number of hydrogen-bond donors (Lipinski definition) is 0. The van der Waals surface area contributed by atoms with E-state index in [9.17, 15) is 8.22 Å². The van der Waals surface area contributed by atoms with Crippen LogP contribution in [0.15, 0.2) is 168 Å². The van der Waals surface area contributed by atoms with Gasteiger partial charge in [0, 0.05) is 21.8 Å². The summed E-state index contributed by atoms with van der Waals surface area (Å²) in [6, 6.07) is 34.9. The Morgan fingerprint density at radius 2 is 1.02 bits per heavy atom. The summed E-state index contributed by atoms with van der Waals surface area (Å²) in [7, 11) is 0. The zero-order chi connectivity index (χ0) is 38.3. The Kier molecular flexibility index (Phi) is 3.85. The Labute approximate surface area is 287 Å². The van der Waals surface area contributed by atoms with Crippen LogP contribution in [0.1, 0.15) is 11.0 Å². The summed E-state index contributed by atoms with van der Waals surface area (Å²) in [5.41, 5.74) is 6.11. The standard InChI is InChI=1S/C46H27NO/c1-2-8-28(9-3-1)33-22-16-30-19-25-37-34(23-17-31-18-24-36(33)43(30)44(31)37)29-14-20-32(21-15-29)47-40-12-6-4-10-35(40)38-26-27-42-45(46(38)47)39-11-5-7-13-41(39)48-42/h1-27H/i16D,17D,18D,19D,22D,23D,24D,25D. The van der Waals surface area contributed by atoms with Gasteiger partial charge in [-0.25, -0.2) is 0 Å². The monoisotopic (exact) mass is 617 g/mol. The molecule has 222 valence electrons. The number of para-hydroxylation sites is 2. The fourth-order valence-electron chi connectivity index (χ4n) is 7.54. The molecule has 0 saturated heterocycles. The predicted octanol–water partition coefficient (Wildman–Crippen LogP) is 12.9. The molecule has 0 saturated carbocycles. The molecule has 0 N–H and O–H groups in total. The summed E-state index contributed by atoms with van der Waals surface area (Å²) in [5, 5.41) is 5.25. The molecule has 0 amide bonds. The van der Waals surface area contributed by atoms with E-state index in [-0.39, 0.29) is 75.4 Å². The van der Waals surface area contributed by atoms with Gasteiger partial charge in [-0.3, -0.25) is 0 Å². The molecule has 0 radical (unpaired) electrons. The first-order chi connectivity index (χ1) is 27.2. The van der Waals surface area contributed by atoms with E-state index in [2.05, 4.69) is 28.8 Å². The summed E-state index contributed by atoms with van der Waals surface area (Å²) < 4.78 is 82.2. The number of furan rings is 1. The van der Waals surface area contributed by atoms with Crippen molar-refractivity contribution in [2.24, 2.45) is 0 Å². The van der Waals surface area contributed by atoms with Crippen LogP contribution in [-0.2, 0) is 0 Å². The molecule has 0 aliphatic heterocycles. The summed E-state index contributed by atoms with van der Waals surface area (Å²) >= 11 is 0. The lowest BCUT2D eigenvalue weighted by molar-refractivity contribution is 0.669. The van der Waals surface area contributed by atoms with E-state index in [4.69, 9.17) is 7.16 Å². The first-order valence-electron chi connectivity index (χ1n) is 19.9. The van der Waals surface area contributed by atoms with Crippen molar-refractivity contribution in [2.45, 2.75) is 0 Å². The van der Waals surface area contributed by atoms with Gasteiger partial charge in [0.2, 0.25) is 0 Å². The molecule has 2 heterocycles. The van der Waals surface area contributed by atoms with Gasteiger partial charge in [0.15, 0.2) is 0 Å². The van der Waals surface area contributed by atoms with Crippen LogP contribution in [0.4, 0.5) is 0 Å². The van der Waals surface area contributed by atoms with Gasteiger partial charge in [0.05, 0.1) is 27.4 Å². The summed E-state index contributed by atoms with van der Waals surface area (Å²) in [5.74, 6) is 0. The largest absolute Gasteiger partial charge is 0.456 e. The minimum Gasteiger partial charge on any atom is -0.456 e. The van der Waals surface area contributed by atoms with E-state index >= 15 is 0 Å². The van der Waals surface area contributed by atoms with Crippen LogP contribution in [0.3, 0.4) is 0 Å². The van der Waals surface area contributed by atoms with E-state index in [0.717, 1.165) is 49.4 Å². The van der Waals surface area contributed by atoms with Gasteiger partial charge >= 0.3 is 0 Å². The zero-order valence-electron chi connectivity index (χ0n) is 33.3. The van der Waals surface area contributed by atoms with Crippen molar-refractivity contribution in [3.8, 4) is 27.9 Å². The van der Waals surface area contributed by atoms with Crippen molar-refractivity contribution in [1.29, 1.82) is 0 Å². The molecule has 0 fully saturated rings. The van der Waals surface area contributed by atoms with Crippen LogP contribution in [0, 0.1) is 0 Å². The van der Waals surface area contributed by atoms with E-state index in [1.807, 2.05) is 66.7 Å². The van der Waals surface area contributed by atoms with Gasteiger partial charge < -0.3 is 8.98 Å². The van der Waals surface area contributed by atoms with Crippen molar-refractivity contribution < 1.29 is 15.4 Å². The lowest BCUT2D eigenvalue weighted by atomic mass is 9.87. The molecule has 0 atom stereocenters. The first kappa shape index (κ1) is 19.3. The molecular weight excluding hydrogens is 583 g/mol. The number of hydrogen-bond acceptors (Lipinski definition) is 1. The molecule has 2 aromatic heterocycles. The van der Waals surface area contributed by atoms with Gasteiger partial charge in [-0.05, 0) is 91.0 Å². The third kappa shape index (κ3) is 3.46. The van der Waals surface area contributed by atoms with Gasteiger partial charge in [0.25, 0.3) is 0 Å². The number of benzene rings is 9. The average molecular weight is 618 g/mol. The first-order valence-corrected chi connectivity index (χ1v) is 15.9. The van der Waals surface area contributed by atoms with E-state index in [1.54, 1.807) is 24.3 Å². The topological polar surface area (TPSA) is 18.1 Å². The van der Waals surface area contributed by atoms with Crippen LogP contribution < -0.4 is 0 Å². The van der Waals surface area contributed by atoms with Gasteiger partial charge in [-0.1, -0.05) is 127 Å². The number of nitrogens with zero attached hydrogens (tertiary/aromatic N) is 1. The van der Waals surface area contributed by atoms with E-state index in [1.165, 1.54) is 0 Å². The molecule has 0 unspecified atom stereocenters. The fraction of sp³-hybridized carbons (Fsp3) is 0. The van der Waals surface area contributed by atoms with Gasteiger partial charge in [-0.15, -0.1) is 0 Å². The Morgan fingerprint density at radius 1 is 0.417 bits per heavy atom. The van der Waals surface area contributed by atoms with Crippen LogP contribution in [0.2, 0.25) is 0 Å². The quantitative estimate of drug-likeness (QED) is 0.180. The van der Waals surface area contributed by atoms with Crippen LogP contribution in [0.25, 0.3) is 104 Å². The smallest absolute Gasteiger partial charge is 0.137 e. The number of fused-ring (bicyclic) bond motifs is 7. The highest BCUT2D eigenvalue weighted by molar-refractivity contribution is 6.28. The zero-order valence-corrected chi connectivity index (χ0v) is 25.3. The molecule has 0 spiro atoms. The molecule has 11 aromatic rings. The van der Waals surface area contributed by atoms with Crippen molar-refractivity contribution in [3.63, 3.8) is 0 Å². The minimum atomic E-state index is -0.296. The van der Waals surface area contributed by atoms with Crippen LogP contribution >= 0.6 is 0 Å². The van der Waals surface area contributed by atoms with Crippen molar-refractivity contribution >= 4 is 76.1 Å². The second-order valence-corrected chi connectivity index (χ2v) is 12.2. The lowest BCUT2D eigenvalue weighted by Crippen LogP contribution is -1.94. The highest BCUT2D eigenvalue weighted by atomic mass is 16.3. The predicted molar refractivity (Wildman–Crippen MR) is 203 cm³/mol. The van der Waals surface area contributed by atoms with Crippen molar-refractivity contribution in [3.05, 3.63) is 164 Å². The maximum atomic E-state index is 9.37. The van der Waals surface area contributed by atoms with E-state index < -0.39 is 0 Å². The summed E-state index contributed by atoms with van der Waals surface area (Å²) in [6.45, 7) is 0. The molecule has 0 aliphatic rings. The molecular formula is C46H27NO. The van der Waals surface area contributed by atoms with Crippen molar-refractivity contribution in [1.82, 2.24) is 4.57 Å². The highest BCUT2D eigenvalue weighted by Crippen LogP contribution is 2.44. The maximum Gasteiger partial charge on any atom is 0.137 e. The second-order valence-electron chi connectivity index (χ2n) is 12.2. The summed E-state index contributed by atoms with van der Waals surface area (Å²) in [6.07, 6.45) is 0. The Bertz CT molecular complexity index is 3500. The molecule has 9 aromatic carbocycles.